The molecule has 1 spiro atoms. The fourth-order valence-corrected chi connectivity index (χ4v) is 4.27. The number of hydrogen-bond donors (Lipinski definition) is 2. The summed E-state index contributed by atoms with van der Waals surface area (Å²) in [5.74, 6) is 0. The predicted molar refractivity (Wildman–Crippen MR) is 91.6 cm³/mol. The van der Waals surface area contributed by atoms with Crippen molar-refractivity contribution in [3.8, 4) is 0 Å². The summed E-state index contributed by atoms with van der Waals surface area (Å²) in [5.41, 5.74) is -0.355. The molecule has 2 N–H and O–H groups in total. The zero-order valence-corrected chi connectivity index (χ0v) is 15.0. The Morgan fingerprint density at radius 3 is 2.65 bits per heavy atom. The molecule has 2 unspecified atom stereocenters. The van der Waals surface area contributed by atoms with E-state index in [0.29, 0.717) is 12.1 Å². The van der Waals surface area contributed by atoms with E-state index in [9.17, 15) is 4.79 Å². The first-order chi connectivity index (χ1) is 10.9. The van der Waals surface area contributed by atoms with E-state index >= 15 is 0 Å². The Bertz CT molecular complexity index is 422. The van der Waals surface area contributed by atoms with Crippen molar-refractivity contribution in [1.29, 1.82) is 0 Å². The molecule has 2 aliphatic heterocycles. The van der Waals surface area contributed by atoms with Crippen molar-refractivity contribution >= 4 is 6.09 Å². The molecule has 1 aliphatic carbocycles. The number of likely N-dealkylation sites (tertiary alicyclic amines) is 1. The molecule has 2 saturated heterocycles. The maximum absolute atomic E-state index is 12.6. The van der Waals surface area contributed by atoms with Crippen molar-refractivity contribution in [2.75, 3.05) is 19.6 Å². The molecule has 23 heavy (non-hydrogen) atoms. The minimum atomic E-state index is -0.411. The van der Waals surface area contributed by atoms with Crippen LogP contribution < -0.4 is 10.6 Å². The number of ether oxygens (including phenoxy) is 1. The lowest BCUT2D eigenvalue weighted by atomic mass is 9.69. The van der Waals surface area contributed by atoms with Gasteiger partial charge in [-0.25, -0.2) is 4.79 Å². The third-order valence-electron chi connectivity index (χ3n) is 5.61. The number of amides is 1. The van der Waals surface area contributed by atoms with Gasteiger partial charge in [0.1, 0.15) is 5.60 Å². The average Bonchev–Trinajstić information content (AvgIpc) is 2.94. The smallest absolute Gasteiger partial charge is 0.410 e. The summed E-state index contributed by atoms with van der Waals surface area (Å²) in [6.45, 7) is 8.88. The zero-order valence-electron chi connectivity index (χ0n) is 15.0. The highest BCUT2D eigenvalue weighted by Gasteiger charge is 2.49. The first kappa shape index (κ1) is 17.0. The van der Waals surface area contributed by atoms with E-state index in [0.717, 1.165) is 45.3 Å². The van der Waals surface area contributed by atoms with Gasteiger partial charge < -0.3 is 20.3 Å². The Balaban J connectivity index is 1.55. The van der Waals surface area contributed by atoms with E-state index < -0.39 is 5.60 Å². The molecule has 0 bridgehead atoms. The molecule has 5 heteroatoms. The summed E-state index contributed by atoms with van der Waals surface area (Å²) in [6, 6.07) is 1.17. The van der Waals surface area contributed by atoms with Gasteiger partial charge in [0.05, 0.1) is 0 Å². The third kappa shape index (κ3) is 4.00. The minimum Gasteiger partial charge on any atom is -0.444 e. The van der Waals surface area contributed by atoms with Crippen LogP contribution in [-0.2, 0) is 4.74 Å². The lowest BCUT2D eigenvalue weighted by Gasteiger charge is -2.55. The monoisotopic (exact) mass is 323 g/mol. The highest BCUT2D eigenvalue weighted by atomic mass is 16.6. The van der Waals surface area contributed by atoms with Crippen molar-refractivity contribution < 1.29 is 9.53 Å². The van der Waals surface area contributed by atoms with Gasteiger partial charge in [-0.2, -0.15) is 0 Å². The fraction of sp³-hybridized carbons (Fsp3) is 0.944. The molecule has 0 aromatic heterocycles. The molecule has 0 aromatic rings. The van der Waals surface area contributed by atoms with Gasteiger partial charge in [-0.05, 0) is 72.3 Å². The molecular formula is C18H33N3O2. The number of rotatable bonds is 3. The second-order valence-corrected chi connectivity index (χ2v) is 8.60. The zero-order chi connectivity index (χ0) is 16.5. The fourth-order valence-electron chi connectivity index (χ4n) is 4.27. The van der Waals surface area contributed by atoms with Gasteiger partial charge in [0.2, 0.25) is 0 Å². The average molecular weight is 323 g/mol. The van der Waals surface area contributed by atoms with Crippen LogP contribution in [0.1, 0.15) is 65.7 Å². The molecule has 0 aromatic carbocycles. The molecule has 3 aliphatic rings. The van der Waals surface area contributed by atoms with E-state index in [1.165, 1.54) is 19.3 Å². The predicted octanol–water partition coefficient (Wildman–Crippen LogP) is 2.65. The molecule has 2 atom stereocenters. The second kappa shape index (κ2) is 6.60. The topological polar surface area (TPSA) is 53.6 Å². The summed E-state index contributed by atoms with van der Waals surface area (Å²) in [6.07, 6.45) is 8.08. The standard InChI is InChI=1S/C18H33N3O2/c1-17(2,3)23-16(22)21-11-7-14(12-18(21)8-5-9-18)20-13-15-6-4-10-19-15/h14-15,19-20H,4-13H2,1-3H3. The molecule has 5 nitrogen and oxygen atoms in total. The van der Waals surface area contributed by atoms with Crippen molar-refractivity contribution in [2.45, 2.75) is 88.9 Å². The van der Waals surface area contributed by atoms with Crippen LogP contribution in [0.4, 0.5) is 4.79 Å². The largest absolute Gasteiger partial charge is 0.444 e. The molecule has 1 saturated carbocycles. The summed E-state index contributed by atoms with van der Waals surface area (Å²) < 4.78 is 5.64. The number of piperidine rings is 1. The van der Waals surface area contributed by atoms with Crippen LogP contribution in [0.25, 0.3) is 0 Å². The molecular weight excluding hydrogens is 290 g/mol. The summed E-state index contributed by atoms with van der Waals surface area (Å²) in [5, 5.41) is 7.30. The van der Waals surface area contributed by atoms with Gasteiger partial charge in [0.15, 0.2) is 0 Å². The molecule has 3 fully saturated rings. The van der Waals surface area contributed by atoms with Crippen molar-refractivity contribution in [3.05, 3.63) is 0 Å². The molecule has 132 valence electrons. The number of nitrogens with one attached hydrogen (secondary N) is 2. The number of carbonyl (C=O) groups is 1. The van der Waals surface area contributed by atoms with Gasteiger partial charge in [-0.1, -0.05) is 0 Å². The van der Waals surface area contributed by atoms with Crippen LogP contribution in [-0.4, -0.2) is 53.9 Å². The van der Waals surface area contributed by atoms with Crippen LogP contribution in [0.5, 0.6) is 0 Å². The molecule has 3 rings (SSSR count). The summed E-state index contributed by atoms with van der Waals surface area (Å²) in [7, 11) is 0. The number of nitrogens with zero attached hydrogens (tertiary/aromatic N) is 1. The van der Waals surface area contributed by atoms with Crippen molar-refractivity contribution in [3.63, 3.8) is 0 Å². The Labute approximate surface area is 140 Å². The summed E-state index contributed by atoms with van der Waals surface area (Å²) >= 11 is 0. The Morgan fingerprint density at radius 2 is 2.09 bits per heavy atom. The minimum absolute atomic E-state index is 0.0569. The van der Waals surface area contributed by atoms with Gasteiger partial charge in [-0.15, -0.1) is 0 Å². The Morgan fingerprint density at radius 1 is 1.30 bits per heavy atom. The number of hydrogen-bond acceptors (Lipinski definition) is 4. The molecule has 2 heterocycles. The Hall–Kier alpha value is -0.810. The van der Waals surface area contributed by atoms with Crippen molar-refractivity contribution in [1.82, 2.24) is 15.5 Å². The highest BCUT2D eigenvalue weighted by molar-refractivity contribution is 5.69. The maximum Gasteiger partial charge on any atom is 0.410 e. The van der Waals surface area contributed by atoms with Gasteiger partial charge >= 0.3 is 6.09 Å². The van der Waals surface area contributed by atoms with Gasteiger partial charge in [0.25, 0.3) is 0 Å². The van der Waals surface area contributed by atoms with Crippen LogP contribution >= 0.6 is 0 Å². The van der Waals surface area contributed by atoms with E-state index in [1.54, 1.807) is 0 Å². The van der Waals surface area contributed by atoms with Crippen molar-refractivity contribution in [2.24, 2.45) is 0 Å². The first-order valence-electron chi connectivity index (χ1n) is 9.35. The Kier molecular flexibility index (Phi) is 4.88. The highest BCUT2D eigenvalue weighted by Crippen LogP contribution is 2.45. The van der Waals surface area contributed by atoms with Crippen LogP contribution in [0.3, 0.4) is 0 Å². The number of carbonyl (C=O) groups excluding carboxylic acids is 1. The third-order valence-corrected chi connectivity index (χ3v) is 5.61. The maximum atomic E-state index is 12.6. The van der Waals surface area contributed by atoms with E-state index in [2.05, 4.69) is 10.6 Å². The second-order valence-electron chi connectivity index (χ2n) is 8.60. The van der Waals surface area contributed by atoms with Gasteiger partial charge in [0, 0.05) is 30.7 Å². The first-order valence-corrected chi connectivity index (χ1v) is 9.35. The SMILES string of the molecule is CC(C)(C)OC(=O)N1CCC(NCC2CCCN2)CC12CCC2. The van der Waals surface area contributed by atoms with E-state index in [-0.39, 0.29) is 11.6 Å². The van der Waals surface area contributed by atoms with Crippen LogP contribution in [0, 0.1) is 0 Å². The molecule has 0 radical (unpaired) electrons. The lowest BCUT2D eigenvalue weighted by Crippen LogP contribution is -2.63. The normalized spacial score (nSPS) is 30.3. The van der Waals surface area contributed by atoms with E-state index in [4.69, 9.17) is 4.74 Å². The lowest BCUT2D eigenvalue weighted by molar-refractivity contribution is -0.0493. The van der Waals surface area contributed by atoms with Crippen LogP contribution in [0.2, 0.25) is 0 Å². The molecule has 1 amide bonds. The summed E-state index contributed by atoms with van der Waals surface area (Å²) in [4.78, 5) is 14.6. The van der Waals surface area contributed by atoms with Gasteiger partial charge in [-0.3, -0.25) is 0 Å². The van der Waals surface area contributed by atoms with Crippen LogP contribution in [0.15, 0.2) is 0 Å². The quantitative estimate of drug-likeness (QED) is 0.838. The van der Waals surface area contributed by atoms with E-state index in [1.807, 2.05) is 25.7 Å².